The summed E-state index contributed by atoms with van der Waals surface area (Å²) in [4.78, 5) is 23.6. The fraction of sp³-hybridized carbons (Fsp3) is 0.333. The highest BCUT2D eigenvalue weighted by molar-refractivity contribution is 5.85. The van der Waals surface area contributed by atoms with Gasteiger partial charge in [0.25, 0.3) is 0 Å². The minimum absolute atomic E-state index is 0.0346. The minimum atomic E-state index is -1.11. The molecule has 1 aliphatic heterocycles. The molecule has 0 saturated heterocycles. The lowest BCUT2D eigenvalue weighted by atomic mass is 10.2. The zero-order chi connectivity index (χ0) is 13.8. The second-order valence-electron chi connectivity index (χ2n) is 4.05. The Balaban J connectivity index is 2.04. The van der Waals surface area contributed by atoms with E-state index < -0.39 is 24.2 Å². The number of ether oxygens (including phenoxy) is 1. The molecule has 0 saturated carbocycles. The molecule has 1 aromatic carbocycles. The first-order valence-corrected chi connectivity index (χ1v) is 5.72. The summed E-state index contributed by atoms with van der Waals surface area (Å²) in [5.41, 5.74) is 0.497. The molecule has 0 unspecified atom stereocenters. The predicted octanol–water partition coefficient (Wildman–Crippen LogP) is 0.225. The van der Waals surface area contributed by atoms with Crippen molar-refractivity contribution in [2.75, 3.05) is 31.1 Å². The highest BCUT2D eigenvalue weighted by Crippen LogP contribution is 2.31. The molecule has 102 valence electrons. The average Bonchev–Trinajstić information content (AvgIpc) is 2.37. The highest BCUT2D eigenvalue weighted by Gasteiger charge is 2.20. The number of carbonyl (C=O) groups is 2. The van der Waals surface area contributed by atoms with Gasteiger partial charge in [0, 0.05) is 6.07 Å². The normalized spacial score (nSPS) is 13.4. The van der Waals surface area contributed by atoms with Crippen molar-refractivity contribution in [1.82, 2.24) is 5.32 Å². The van der Waals surface area contributed by atoms with E-state index in [1.165, 1.54) is 18.2 Å². The van der Waals surface area contributed by atoms with Gasteiger partial charge >= 0.3 is 5.97 Å². The topological polar surface area (TPSA) is 78.9 Å². The largest absolute Gasteiger partial charge is 0.490 e. The van der Waals surface area contributed by atoms with Gasteiger partial charge in [0.1, 0.15) is 24.7 Å². The predicted molar refractivity (Wildman–Crippen MR) is 64.8 cm³/mol. The van der Waals surface area contributed by atoms with Gasteiger partial charge in [-0.15, -0.1) is 0 Å². The third-order valence-corrected chi connectivity index (χ3v) is 2.65. The van der Waals surface area contributed by atoms with E-state index in [9.17, 15) is 14.0 Å². The van der Waals surface area contributed by atoms with E-state index >= 15 is 0 Å². The van der Waals surface area contributed by atoms with E-state index in [0.717, 1.165) is 0 Å². The summed E-state index contributed by atoms with van der Waals surface area (Å²) in [5, 5.41) is 10.7. The zero-order valence-corrected chi connectivity index (χ0v) is 10.1. The van der Waals surface area contributed by atoms with Crippen molar-refractivity contribution in [1.29, 1.82) is 0 Å². The SMILES string of the molecule is O=C(O)CNC(=O)CN1CCOc2ccc(F)cc21. The van der Waals surface area contributed by atoms with Crippen LogP contribution in [0.25, 0.3) is 0 Å². The smallest absolute Gasteiger partial charge is 0.322 e. The van der Waals surface area contributed by atoms with E-state index in [0.29, 0.717) is 24.6 Å². The van der Waals surface area contributed by atoms with Crippen LogP contribution in [0.2, 0.25) is 0 Å². The number of carboxylic acid groups (broad SMARTS) is 1. The number of carbonyl (C=O) groups excluding carboxylic acids is 1. The van der Waals surface area contributed by atoms with Gasteiger partial charge in [-0.05, 0) is 12.1 Å². The maximum absolute atomic E-state index is 13.2. The molecule has 2 N–H and O–H groups in total. The van der Waals surface area contributed by atoms with E-state index in [1.807, 2.05) is 0 Å². The molecule has 2 rings (SSSR count). The van der Waals surface area contributed by atoms with Crippen molar-refractivity contribution in [3.8, 4) is 5.75 Å². The number of anilines is 1. The third kappa shape index (κ3) is 3.34. The maximum atomic E-state index is 13.2. The number of nitrogens with one attached hydrogen (secondary N) is 1. The van der Waals surface area contributed by atoms with Crippen molar-refractivity contribution in [2.45, 2.75) is 0 Å². The second kappa shape index (κ2) is 5.55. The second-order valence-corrected chi connectivity index (χ2v) is 4.05. The van der Waals surface area contributed by atoms with Gasteiger partial charge < -0.3 is 20.1 Å². The number of hydrogen-bond acceptors (Lipinski definition) is 4. The van der Waals surface area contributed by atoms with Crippen molar-refractivity contribution >= 4 is 17.6 Å². The van der Waals surface area contributed by atoms with Gasteiger partial charge in [0.15, 0.2) is 0 Å². The number of fused-ring (bicyclic) bond motifs is 1. The van der Waals surface area contributed by atoms with Gasteiger partial charge in [-0.1, -0.05) is 0 Å². The van der Waals surface area contributed by atoms with Crippen LogP contribution in [0.1, 0.15) is 0 Å². The Morgan fingerprint density at radius 3 is 3.00 bits per heavy atom. The number of aliphatic carboxylic acids is 1. The molecule has 0 bridgehead atoms. The number of halogens is 1. The summed E-state index contributed by atoms with van der Waals surface area (Å²) in [6, 6.07) is 4.08. The Bertz CT molecular complexity index is 507. The van der Waals surface area contributed by atoms with Crippen LogP contribution in [0.15, 0.2) is 18.2 Å². The highest BCUT2D eigenvalue weighted by atomic mass is 19.1. The number of rotatable bonds is 4. The summed E-state index contributed by atoms with van der Waals surface area (Å²) >= 11 is 0. The van der Waals surface area contributed by atoms with Gasteiger partial charge in [0.05, 0.1) is 18.8 Å². The molecule has 1 heterocycles. The van der Waals surface area contributed by atoms with E-state index in [4.69, 9.17) is 9.84 Å². The van der Waals surface area contributed by atoms with Crippen molar-refractivity contribution in [2.24, 2.45) is 0 Å². The van der Waals surface area contributed by atoms with Gasteiger partial charge in [-0.3, -0.25) is 9.59 Å². The van der Waals surface area contributed by atoms with E-state index in [1.54, 1.807) is 4.90 Å². The van der Waals surface area contributed by atoms with Crippen LogP contribution < -0.4 is 15.0 Å². The average molecular weight is 268 g/mol. The molecular weight excluding hydrogens is 255 g/mol. The third-order valence-electron chi connectivity index (χ3n) is 2.65. The monoisotopic (exact) mass is 268 g/mol. The molecule has 1 amide bonds. The van der Waals surface area contributed by atoms with Crippen LogP contribution in [0, 0.1) is 5.82 Å². The van der Waals surface area contributed by atoms with Gasteiger partial charge in [0.2, 0.25) is 5.91 Å². The van der Waals surface area contributed by atoms with Crippen molar-refractivity contribution in [3.63, 3.8) is 0 Å². The Morgan fingerprint density at radius 1 is 1.47 bits per heavy atom. The van der Waals surface area contributed by atoms with Gasteiger partial charge in [-0.2, -0.15) is 0 Å². The lowest BCUT2D eigenvalue weighted by Gasteiger charge is -2.30. The van der Waals surface area contributed by atoms with Crippen LogP contribution in [0.3, 0.4) is 0 Å². The maximum Gasteiger partial charge on any atom is 0.322 e. The molecule has 6 nitrogen and oxygen atoms in total. The molecule has 0 aliphatic carbocycles. The summed E-state index contributed by atoms with van der Waals surface area (Å²) in [5.74, 6) is -1.44. The minimum Gasteiger partial charge on any atom is -0.490 e. The fourth-order valence-electron chi connectivity index (χ4n) is 1.81. The first-order chi connectivity index (χ1) is 9.06. The summed E-state index contributed by atoms with van der Waals surface area (Å²) < 4.78 is 18.6. The first kappa shape index (κ1) is 13.1. The van der Waals surface area contributed by atoms with Gasteiger partial charge in [-0.25, -0.2) is 4.39 Å². The standard InChI is InChI=1S/C12H13FN2O4/c13-8-1-2-10-9(5-8)15(3-4-19-10)7-11(16)14-6-12(17)18/h1-2,5H,3-4,6-7H2,(H,14,16)(H,17,18). The summed E-state index contributed by atoms with van der Waals surface area (Å²) in [6.45, 7) is 0.369. The molecule has 7 heteroatoms. The fourth-order valence-corrected chi connectivity index (χ4v) is 1.81. The molecule has 0 spiro atoms. The van der Waals surface area contributed by atoms with Crippen LogP contribution in [-0.4, -0.2) is 43.2 Å². The lowest BCUT2D eigenvalue weighted by Crippen LogP contribution is -2.42. The van der Waals surface area contributed by atoms with Crippen LogP contribution >= 0.6 is 0 Å². The Morgan fingerprint density at radius 2 is 2.26 bits per heavy atom. The molecule has 0 radical (unpaired) electrons. The Kier molecular flexibility index (Phi) is 3.84. The molecule has 1 aliphatic rings. The molecular formula is C12H13FN2O4. The number of nitrogens with zero attached hydrogens (tertiary/aromatic N) is 1. The number of hydrogen-bond donors (Lipinski definition) is 2. The molecule has 1 aromatic rings. The molecule has 0 aromatic heterocycles. The number of amides is 1. The lowest BCUT2D eigenvalue weighted by molar-refractivity contribution is -0.137. The van der Waals surface area contributed by atoms with Crippen molar-refractivity contribution in [3.05, 3.63) is 24.0 Å². The van der Waals surface area contributed by atoms with Crippen LogP contribution in [-0.2, 0) is 9.59 Å². The Hall–Kier alpha value is -2.31. The Labute approximate surface area is 108 Å². The first-order valence-electron chi connectivity index (χ1n) is 5.72. The zero-order valence-electron chi connectivity index (χ0n) is 10.1. The number of benzene rings is 1. The summed E-state index contributed by atoms with van der Waals surface area (Å²) in [7, 11) is 0. The molecule has 19 heavy (non-hydrogen) atoms. The quantitative estimate of drug-likeness (QED) is 0.817. The molecule has 0 fully saturated rings. The van der Waals surface area contributed by atoms with Crippen LogP contribution in [0.4, 0.5) is 10.1 Å². The molecule has 0 atom stereocenters. The van der Waals surface area contributed by atoms with E-state index in [2.05, 4.69) is 5.32 Å². The van der Waals surface area contributed by atoms with Crippen LogP contribution in [0.5, 0.6) is 5.75 Å². The number of carboxylic acids is 1. The van der Waals surface area contributed by atoms with Crippen molar-refractivity contribution < 1.29 is 23.8 Å². The summed E-state index contributed by atoms with van der Waals surface area (Å²) in [6.07, 6.45) is 0. The van der Waals surface area contributed by atoms with E-state index in [-0.39, 0.29) is 6.54 Å².